The van der Waals surface area contributed by atoms with Crippen molar-refractivity contribution in [3.05, 3.63) is 36.7 Å². The number of hydrogen-bond donors (Lipinski definition) is 0. The van der Waals surface area contributed by atoms with Gasteiger partial charge in [0.2, 0.25) is 5.95 Å². The molecule has 7 nitrogen and oxygen atoms in total. The Morgan fingerprint density at radius 2 is 2.12 bits per heavy atom. The van der Waals surface area contributed by atoms with E-state index in [2.05, 4.69) is 36.4 Å². The van der Waals surface area contributed by atoms with Crippen LogP contribution in [0.3, 0.4) is 0 Å². The fourth-order valence-electron chi connectivity index (χ4n) is 3.80. The molecule has 2 fully saturated rings. The summed E-state index contributed by atoms with van der Waals surface area (Å²) in [4.78, 5) is 17.7. The second-order valence-corrected chi connectivity index (χ2v) is 6.93. The molecule has 128 valence electrons. The molecule has 4 heterocycles. The van der Waals surface area contributed by atoms with Gasteiger partial charge in [-0.1, -0.05) is 0 Å². The number of aryl methyl sites for hydroxylation is 1. The Kier molecular flexibility index (Phi) is 3.97. The zero-order valence-electron chi connectivity index (χ0n) is 14.3. The minimum absolute atomic E-state index is 0.0289. The molecule has 2 aliphatic heterocycles. The average molecular weight is 328 g/mol. The fourth-order valence-corrected chi connectivity index (χ4v) is 3.80. The molecule has 7 heteroatoms. The van der Waals surface area contributed by atoms with E-state index in [0.29, 0.717) is 6.04 Å². The fraction of sp³-hybridized carbons (Fsp3) is 0.588. The Balaban J connectivity index is 1.39. The van der Waals surface area contributed by atoms with E-state index in [1.165, 1.54) is 0 Å². The van der Waals surface area contributed by atoms with Crippen LogP contribution in [-0.2, 0) is 18.3 Å². The van der Waals surface area contributed by atoms with Crippen molar-refractivity contribution in [2.24, 2.45) is 7.05 Å². The Morgan fingerprint density at radius 3 is 2.88 bits per heavy atom. The molecule has 2 unspecified atom stereocenters. The molecule has 24 heavy (non-hydrogen) atoms. The lowest BCUT2D eigenvalue weighted by atomic mass is 9.97. The van der Waals surface area contributed by atoms with Gasteiger partial charge >= 0.3 is 0 Å². The molecule has 0 aromatic carbocycles. The largest absolute Gasteiger partial charge is 0.371 e. The molecule has 2 aromatic heterocycles. The quantitative estimate of drug-likeness (QED) is 0.837. The van der Waals surface area contributed by atoms with Gasteiger partial charge in [0.15, 0.2) is 0 Å². The molecular formula is C17H24N6O. The Bertz CT molecular complexity index is 689. The van der Waals surface area contributed by atoms with Gasteiger partial charge in [-0.2, -0.15) is 0 Å². The molecule has 2 atom stereocenters. The summed E-state index contributed by atoms with van der Waals surface area (Å²) in [7, 11) is 4.11. The van der Waals surface area contributed by atoms with Crippen LogP contribution in [0, 0.1) is 0 Å². The molecule has 0 aliphatic carbocycles. The molecule has 2 aliphatic rings. The summed E-state index contributed by atoms with van der Waals surface area (Å²) in [6, 6.07) is 2.18. The summed E-state index contributed by atoms with van der Waals surface area (Å²) >= 11 is 0. The van der Waals surface area contributed by atoms with Crippen molar-refractivity contribution < 1.29 is 4.74 Å². The third kappa shape index (κ3) is 2.89. The maximum Gasteiger partial charge on any atom is 0.225 e. The summed E-state index contributed by atoms with van der Waals surface area (Å²) < 4.78 is 8.36. The van der Waals surface area contributed by atoms with E-state index in [4.69, 9.17) is 4.74 Å². The first-order chi connectivity index (χ1) is 11.7. The minimum atomic E-state index is -0.0289. The van der Waals surface area contributed by atoms with Crippen LogP contribution in [0.4, 0.5) is 5.95 Å². The number of rotatable bonds is 4. The first kappa shape index (κ1) is 15.5. The summed E-state index contributed by atoms with van der Waals surface area (Å²) in [5, 5.41) is 0. The van der Waals surface area contributed by atoms with E-state index >= 15 is 0 Å². The van der Waals surface area contributed by atoms with Gasteiger partial charge in [0.1, 0.15) is 5.82 Å². The third-order valence-electron chi connectivity index (χ3n) is 5.29. The second-order valence-electron chi connectivity index (χ2n) is 6.93. The lowest BCUT2D eigenvalue weighted by molar-refractivity contribution is 0.0116. The summed E-state index contributed by atoms with van der Waals surface area (Å²) in [6.45, 7) is 3.66. The van der Waals surface area contributed by atoms with Gasteiger partial charge in [-0.25, -0.2) is 15.0 Å². The zero-order chi connectivity index (χ0) is 16.6. The van der Waals surface area contributed by atoms with Gasteiger partial charge < -0.3 is 14.2 Å². The molecule has 1 spiro atoms. The summed E-state index contributed by atoms with van der Waals surface area (Å²) in [5.41, 5.74) is -0.0289. The number of imidazole rings is 1. The minimum Gasteiger partial charge on any atom is -0.371 e. The van der Waals surface area contributed by atoms with E-state index in [0.717, 1.165) is 50.9 Å². The highest BCUT2D eigenvalue weighted by Crippen LogP contribution is 2.37. The van der Waals surface area contributed by atoms with E-state index in [1.807, 2.05) is 25.5 Å². The van der Waals surface area contributed by atoms with Crippen LogP contribution in [0.5, 0.6) is 0 Å². The van der Waals surface area contributed by atoms with Gasteiger partial charge in [-0.15, -0.1) is 0 Å². The van der Waals surface area contributed by atoms with Crippen LogP contribution in [0.25, 0.3) is 0 Å². The standard InChI is InChI=1S/C17H24N6O/c1-21-9-7-18-15(21)11-23-8-4-17(13-23)10-14(12-24-17)22(2)16-19-5-3-6-20-16/h3,5-7,9,14H,4,8,10-13H2,1-2H3. The highest BCUT2D eigenvalue weighted by Gasteiger charge is 2.46. The average Bonchev–Trinajstić information content (AvgIpc) is 3.31. The van der Waals surface area contributed by atoms with Crippen molar-refractivity contribution >= 4 is 5.95 Å². The molecule has 0 amide bonds. The highest BCUT2D eigenvalue weighted by molar-refractivity contribution is 5.30. The smallest absolute Gasteiger partial charge is 0.225 e. The van der Waals surface area contributed by atoms with E-state index in [1.54, 1.807) is 12.4 Å². The normalized spacial score (nSPS) is 27.2. The first-order valence-electron chi connectivity index (χ1n) is 8.48. The van der Waals surface area contributed by atoms with Gasteiger partial charge in [0.05, 0.1) is 24.8 Å². The molecule has 0 bridgehead atoms. The molecule has 0 N–H and O–H groups in total. The lowest BCUT2D eigenvalue weighted by Gasteiger charge is -2.26. The Hall–Kier alpha value is -1.99. The van der Waals surface area contributed by atoms with Gasteiger partial charge in [0.25, 0.3) is 0 Å². The number of hydrogen-bond acceptors (Lipinski definition) is 6. The second kappa shape index (κ2) is 6.14. The maximum absolute atomic E-state index is 6.27. The number of nitrogens with zero attached hydrogens (tertiary/aromatic N) is 6. The number of aromatic nitrogens is 4. The third-order valence-corrected chi connectivity index (χ3v) is 5.29. The van der Waals surface area contributed by atoms with Crippen LogP contribution in [-0.4, -0.2) is 62.8 Å². The van der Waals surface area contributed by atoms with Crippen molar-refractivity contribution in [3.63, 3.8) is 0 Å². The number of ether oxygens (including phenoxy) is 1. The van der Waals surface area contributed by atoms with Crippen LogP contribution >= 0.6 is 0 Å². The van der Waals surface area contributed by atoms with Crippen molar-refractivity contribution in [2.45, 2.75) is 31.0 Å². The topological polar surface area (TPSA) is 59.3 Å². The molecule has 2 aromatic rings. The van der Waals surface area contributed by atoms with Crippen LogP contribution < -0.4 is 4.90 Å². The van der Waals surface area contributed by atoms with Crippen LogP contribution in [0.15, 0.2) is 30.9 Å². The van der Waals surface area contributed by atoms with Crippen LogP contribution in [0.1, 0.15) is 18.7 Å². The van der Waals surface area contributed by atoms with E-state index in [-0.39, 0.29) is 5.60 Å². The monoisotopic (exact) mass is 328 g/mol. The SMILES string of the molecule is CN(c1ncccn1)C1COC2(CCN(Cc3nccn3C)C2)C1. The maximum atomic E-state index is 6.27. The van der Waals surface area contributed by atoms with Crippen molar-refractivity contribution in [1.82, 2.24) is 24.4 Å². The Labute approximate surface area is 142 Å². The predicted molar refractivity (Wildman–Crippen MR) is 90.6 cm³/mol. The lowest BCUT2D eigenvalue weighted by Crippen LogP contribution is -2.37. The first-order valence-corrected chi connectivity index (χ1v) is 8.48. The number of anilines is 1. The molecule has 0 radical (unpaired) electrons. The summed E-state index contributed by atoms with van der Waals surface area (Å²) in [6.07, 6.45) is 9.54. The van der Waals surface area contributed by atoms with E-state index in [9.17, 15) is 0 Å². The molecule has 2 saturated heterocycles. The van der Waals surface area contributed by atoms with Gasteiger partial charge in [-0.3, -0.25) is 4.90 Å². The zero-order valence-corrected chi connectivity index (χ0v) is 14.3. The van der Waals surface area contributed by atoms with Gasteiger partial charge in [0, 0.05) is 58.4 Å². The van der Waals surface area contributed by atoms with Gasteiger partial charge in [-0.05, 0) is 12.5 Å². The molecule has 4 rings (SSSR count). The van der Waals surface area contributed by atoms with Crippen molar-refractivity contribution in [1.29, 1.82) is 0 Å². The Morgan fingerprint density at radius 1 is 1.29 bits per heavy atom. The van der Waals surface area contributed by atoms with Crippen molar-refractivity contribution in [3.8, 4) is 0 Å². The van der Waals surface area contributed by atoms with Crippen molar-refractivity contribution in [2.75, 3.05) is 31.6 Å². The van der Waals surface area contributed by atoms with E-state index < -0.39 is 0 Å². The number of likely N-dealkylation sites (N-methyl/N-ethyl adjacent to an activating group) is 1. The van der Waals surface area contributed by atoms with Crippen LogP contribution in [0.2, 0.25) is 0 Å². The highest BCUT2D eigenvalue weighted by atomic mass is 16.5. The predicted octanol–water partition coefficient (Wildman–Crippen LogP) is 1.08. The number of likely N-dealkylation sites (tertiary alicyclic amines) is 1. The summed E-state index contributed by atoms with van der Waals surface area (Å²) in [5.74, 6) is 1.88. The molecular weight excluding hydrogens is 304 g/mol. The molecule has 0 saturated carbocycles.